The van der Waals surface area contributed by atoms with Crippen molar-refractivity contribution in [1.82, 2.24) is 0 Å². The van der Waals surface area contributed by atoms with Gasteiger partial charge in [0, 0.05) is 6.08 Å². The summed E-state index contributed by atoms with van der Waals surface area (Å²) in [6.45, 7) is 2.26. The highest BCUT2D eigenvalue weighted by Crippen LogP contribution is 2.09. The molecule has 0 bridgehead atoms. The summed E-state index contributed by atoms with van der Waals surface area (Å²) >= 11 is 0. The zero-order valence-electron chi connectivity index (χ0n) is 13.2. The molecule has 116 valence electrons. The number of aliphatic carboxylic acids is 1. The van der Waals surface area contributed by atoms with Gasteiger partial charge in [-0.2, -0.15) is 0 Å². The van der Waals surface area contributed by atoms with E-state index in [2.05, 4.69) is 19.1 Å². The van der Waals surface area contributed by atoms with Crippen LogP contribution in [0.1, 0.15) is 84.0 Å². The van der Waals surface area contributed by atoms with E-state index in [1.54, 1.807) is 6.08 Å². The second-order valence-electron chi connectivity index (χ2n) is 5.41. The SMILES string of the molecule is CCCCCCCCCC=CCCCCC=CC(=O)O. The summed E-state index contributed by atoms with van der Waals surface area (Å²) in [5.74, 6) is -0.848. The Hall–Kier alpha value is -1.05. The number of carboxylic acids is 1. The van der Waals surface area contributed by atoms with E-state index in [0.29, 0.717) is 0 Å². The first kappa shape index (κ1) is 18.9. The fraction of sp³-hybridized carbons (Fsp3) is 0.722. The summed E-state index contributed by atoms with van der Waals surface area (Å²) in [7, 11) is 0. The van der Waals surface area contributed by atoms with Crippen LogP contribution in [0.4, 0.5) is 0 Å². The van der Waals surface area contributed by atoms with Gasteiger partial charge in [0.25, 0.3) is 0 Å². The zero-order valence-corrected chi connectivity index (χ0v) is 13.2. The van der Waals surface area contributed by atoms with Gasteiger partial charge in [-0.05, 0) is 38.5 Å². The first-order chi connectivity index (χ1) is 9.77. The molecule has 20 heavy (non-hydrogen) atoms. The summed E-state index contributed by atoms with van der Waals surface area (Å²) in [5.41, 5.74) is 0. The summed E-state index contributed by atoms with van der Waals surface area (Å²) < 4.78 is 0. The van der Waals surface area contributed by atoms with Crippen molar-refractivity contribution in [3.8, 4) is 0 Å². The Morgan fingerprint density at radius 3 is 1.75 bits per heavy atom. The second-order valence-corrected chi connectivity index (χ2v) is 5.41. The topological polar surface area (TPSA) is 37.3 Å². The maximum absolute atomic E-state index is 10.2. The Balaban J connectivity index is 3.14. The van der Waals surface area contributed by atoms with E-state index < -0.39 is 5.97 Å². The molecule has 0 atom stereocenters. The highest BCUT2D eigenvalue weighted by atomic mass is 16.4. The highest BCUT2D eigenvalue weighted by Gasteiger charge is 1.90. The van der Waals surface area contributed by atoms with Crippen molar-refractivity contribution >= 4 is 5.97 Å². The molecule has 2 heteroatoms. The van der Waals surface area contributed by atoms with Crippen molar-refractivity contribution in [2.24, 2.45) is 0 Å². The van der Waals surface area contributed by atoms with E-state index >= 15 is 0 Å². The molecule has 2 nitrogen and oxygen atoms in total. The van der Waals surface area contributed by atoms with Gasteiger partial charge in [0.15, 0.2) is 0 Å². The number of hydrogen-bond acceptors (Lipinski definition) is 1. The molecule has 0 aromatic rings. The van der Waals surface area contributed by atoms with Crippen LogP contribution in [0.2, 0.25) is 0 Å². The summed E-state index contributed by atoms with van der Waals surface area (Å²) in [6, 6.07) is 0. The Labute approximate surface area is 125 Å². The lowest BCUT2D eigenvalue weighted by Crippen LogP contribution is -1.85. The Morgan fingerprint density at radius 1 is 0.750 bits per heavy atom. The molecule has 0 aliphatic heterocycles. The van der Waals surface area contributed by atoms with Crippen molar-refractivity contribution in [2.45, 2.75) is 84.0 Å². The van der Waals surface area contributed by atoms with Crippen LogP contribution in [0.3, 0.4) is 0 Å². The van der Waals surface area contributed by atoms with Gasteiger partial charge < -0.3 is 5.11 Å². The minimum Gasteiger partial charge on any atom is -0.478 e. The largest absolute Gasteiger partial charge is 0.478 e. The van der Waals surface area contributed by atoms with Gasteiger partial charge in [0.05, 0.1) is 0 Å². The van der Waals surface area contributed by atoms with Crippen LogP contribution < -0.4 is 0 Å². The summed E-state index contributed by atoms with van der Waals surface area (Å²) in [4.78, 5) is 10.2. The first-order valence-corrected chi connectivity index (χ1v) is 8.31. The number of allylic oxidation sites excluding steroid dienone is 3. The molecule has 0 heterocycles. The quantitative estimate of drug-likeness (QED) is 0.245. The molecule has 0 saturated carbocycles. The van der Waals surface area contributed by atoms with Crippen LogP contribution in [0.25, 0.3) is 0 Å². The van der Waals surface area contributed by atoms with Crippen molar-refractivity contribution in [3.63, 3.8) is 0 Å². The highest BCUT2D eigenvalue weighted by molar-refractivity contribution is 5.79. The average molecular weight is 280 g/mol. The third-order valence-corrected chi connectivity index (χ3v) is 3.39. The van der Waals surface area contributed by atoms with Gasteiger partial charge in [-0.1, -0.05) is 63.7 Å². The van der Waals surface area contributed by atoms with Crippen LogP contribution in [-0.4, -0.2) is 11.1 Å². The molecule has 0 aromatic heterocycles. The van der Waals surface area contributed by atoms with Gasteiger partial charge in [-0.25, -0.2) is 4.79 Å². The van der Waals surface area contributed by atoms with Crippen LogP contribution in [0, 0.1) is 0 Å². The second kappa shape index (κ2) is 16.0. The number of carbonyl (C=O) groups is 1. The number of rotatable bonds is 14. The molecule has 0 radical (unpaired) electrons. The van der Waals surface area contributed by atoms with Crippen LogP contribution in [-0.2, 0) is 4.79 Å². The smallest absolute Gasteiger partial charge is 0.327 e. The van der Waals surface area contributed by atoms with E-state index in [1.165, 1.54) is 57.4 Å². The van der Waals surface area contributed by atoms with Gasteiger partial charge in [0.1, 0.15) is 0 Å². The van der Waals surface area contributed by atoms with E-state index in [1.807, 2.05) is 0 Å². The number of hydrogen-bond donors (Lipinski definition) is 1. The van der Waals surface area contributed by atoms with Gasteiger partial charge in [-0.15, -0.1) is 0 Å². The van der Waals surface area contributed by atoms with Gasteiger partial charge in [-0.3, -0.25) is 0 Å². The van der Waals surface area contributed by atoms with Crippen molar-refractivity contribution in [1.29, 1.82) is 0 Å². The molecule has 0 spiro atoms. The standard InChI is InChI=1S/C18H32O2/c1-2-3-4-5-6-7-8-9-10-11-12-13-14-15-16-17-18(19)20/h10-11,16-17H,2-9,12-15H2,1H3,(H,19,20). The van der Waals surface area contributed by atoms with Crippen molar-refractivity contribution < 1.29 is 9.90 Å². The lowest BCUT2D eigenvalue weighted by atomic mass is 10.1. The van der Waals surface area contributed by atoms with E-state index in [9.17, 15) is 4.79 Å². The van der Waals surface area contributed by atoms with Gasteiger partial charge >= 0.3 is 5.97 Å². The Kier molecular flexibility index (Phi) is 15.2. The molecule has 0 unspecified atom stereocenters. The minimum absolute atomic E-state index is 0.848. The maximum Gasteiger partial charge on any atom is 0.327 e. The number of carboxylic acid groups (broad SMARTS) is 1. The predicted octanol–water partition coefficient (Wildman–Crippen LogP) is 5.88. The lowest BCUT2D eigenvalue weighted by molar-refractivity contribution is -0.131. The predicted molar refractivity (Wildman–Crippen MR) is 87.0 cm³/mol. The molecular formula is C18H32O2. The van der Waals surface area contributed by atoms with Crippen molar-refractivity contribution in [3.05, 3.63) is 24.3 Å². The minimum atomic E-state index is -0.848. The van der Waals surface area contributed by atoms with E-state index in [4.69, 9.17) is 5.11 Å². The fourth-order valence-corrected chi connectivity index (χ4v) is 2.16. The zero-order chi connectivity index (χ0) is 14.9. The number of unbranched alkanes of at least 4 members (excludes halogenated alkanes) is 10. The van der Waals surface area contributed by atoms with E-state index in [0.717, 1.165) is 25.7 Å². The van der Waals surface area contributed by atoms with E-state index in [-0.39, 0.29) is 0 Å². The van der Waals surface area contributed by atoms with Crippen LogP contribution in [0.15, 0.2) is 24.3 Å². The van der Waals surface area contributed by atoms with Crippen LogP contribution >= 0.6 is 0 Å². The maximum atomic E-state index is 10.2. The van der Waals surface area contributed by atoms with Crippen LogP contribution in [0.5, 0.6) is 0 Å². The molecule has 0 aliphatic carbocycles. The van der Waals surface area contributed by atoms with Crippen molar-refractivity contribution in [2.75, 3.05) is 0 Å². The average Bonchev–Trinajstić information content (AvgIpc) is 2.43. The molecule has 0 amide bonds. The Bertz CT molecular complexity index is 267. The molecule has 0 aromatic carbocycles. The normalized spacial score (nSPS) is 11.7. The first-order valence-electron chi connectivity index (χ1n) is 8.31. The lowest BCUT2D eigenvalue weighted by Gasteiger charge is -1.99. The fourth-order valence-electron chi connectivity index (χ4n) is 2.16. The molecule has 0 fully saturated rings. The monoisotopic (exact) mass is 280 g/mol. The Morgan fingerprint density at radius 2 is 1.20 bits per heavy atom. The molecule has 0 aliphatic rings. The van der Waals surface area contributed by atoms with Gasteiger partial charge in [0.2, 0.25) is 0 Å². The third kappa shape index (κ3) is 16.9. The molecular weight excluding hydrogens is 248 g/mol. The molecule has 0 rings (SSSR count). The third-order valence-electron chi connectivity index (χ3n) is 3.39. The molecule has 1 N–H and O–H groups in total. The summed E-state index contributed by atoms with van der Waals surface area (Å²) in [5, 5.41) is 8.42. The molecule has 0 saturated heterocycles. The summed E-state index contributed by atoms with van der Waals surface area (Å²) in [6.07, 6.45) is 22.6.